The van der Waals surface area contributed by atoms with Crippen LogP contribution in [-0.2, 0) is 11.3 Å². The van der Waals surface area contributed by atoms with E-state index in [-0.39, 0.29) is 0 Å². The lowest BCUT2D eigenvalue weighted by Crippen LogP contribution is -2.43. The highest BCUT2D eigenvalue weighted by Gasteiger charge is 2.13. The van der Waals surface area contributed by atoms with Gasteiger partial charge in [-0.15, -0.1) is 0 Å². The highest BCUT2D eigenvalue weighted by atomic mass is 16.5. The molecule has 1 heterocycles. The van der Waals surface area contributed by atoms with E-state index in [1.165, 1.54) is 5.56 Å². The van der Waals surface area contributed by atoms with Crippen molar-refractivity contribution >= 4 is 11.8 Å². The van der Waals surface area contributed by atoms with E-state index >= 15 is 0 Å². The van der Waals surface area contributed by atoms with Crippen LogP contribution >= 0.6 is 0 Å². The van der Waals surface area contributed by atoms with Gasteiger partial charge in [0.2, 0.25) is 0 Å². The average Bonchev–Trinajstić information content (AvgIpc) is 2.44. The first-order chi connectivity index (χ1) is 9.67. The third-order valence-electron chi connectivity index (χ3n) is 3.48. The fourth-order valence-electron chi connectivity index (χ4n) is 2.24. The second-order valence-corrected chi connectivity index (χ2v) is 5.12. The molecule has 1 fully saturated rings. The van der Waals surface area contributed by atoms with Crippen LogP contribution in [0.25, 0.3) is 0 Å². The zero-order valence-electron chi connectivity index (χ0n) is 12.3. The van der Waals surface area contributed by atoms with E-state index in [0.717, 1.165) is 38.4 Å². The van der Waals surface area contributed by atoms with Crippen molar-refractivity contribution in [3.8, 4) is 0 Å². The molecular weight excluding hydrogens is 254 g/mol. The zero-order valence-corrected chi connectivity index (χ0v) is 12.3. The van der Waals surface area contributed by atoms with Gasteiger partial charge in [0.05, 0.1) is 6.61 Å². The summed E-state index contributed by atoms with van der Waals surface area (Å²) in [6.07, 6.45) is -0.403. The molecule has 0 unspecified atom stereocenters. The Labute approximate surface area is 120 Å². The lowest BCUT2D eigenvalue weighted by molar-refractivity contribution is 0.148. The SMILES string of the molecule is CCOC(=O)Nc1ccc(CN2CCN(C)CC2)cc1. The van der Waals surface area contributed by atoms with E-state index in [2.05, 4.69) is 34.3 Å². The van der Waals surface area contributed by atoms with Gasteiger partial charge in [0.25, 0.3) is 0 Å². The molecule has 0 saturated carbocycles. The van der Waals surface area contributed by atoms with Crippen LogP contribution in [0.15, 0.2) is 24.3 Å². The van der Waals surface area contributed by atoms with Crippen molar-refractivity contribution in [3.05, 3.63) is 29.8 Å². The number of nitrogens with zero attached hydrogens (tertiary/aromatic N) is 2. The Hall–Kier alpha value is -1.59. The van der Waals surface area contributed by atoms with Gasteiger partial charge in [0.1, 0.15) is 0 Å². The number of anilines is 1. The van der Waals surface area contributed by atoms with Gasteiger partial charge in [0.15, 0.2) is 0 Å². The van der Waals surface area contributed by atoms with Gasteiger partial charge in [-0.1, -0.05) is 12.1 Å². The van der Waals surface area contributed by atoms with Crippen LogP contribution in [0.1, 0.15) is 12.5 Å². The Bertz CT molecular complexity index is 425. The van der Waals surface area contributed by atoms with Crippen molar-refractivity contribution in [2.24, 2.45) is 0 Å². The Morgan fingerprint density at radius 3 is 2.45 bits per heavy atom. The fraction of sp³-hybridized carbons (Fsp3) is 0.533. The van der Waals surface area contributed by atoms with Gasteiger partial charge in [-0.2, -0.15) is 0 Å². The third kappa shape index (κ3) is 4.51. The molecule has 0 aliphatic carbocycles. The Balaban J connectivity index is 1.83. The molecule has 110 valence electrons. The summed E-state index contributed by atoms with van der Waals surface area (Å²) in [5, 5.41) is 2.70. The number of hydrogen-bond acceptors (Lipinski definition) is 4. The van der Waals surface area contributed by atoms with Crippen molar-refractivity contribution in [2.45, 2.75) is 13.5 Å². The first kappa shape index (κ1) is 14.8. The average molecular weight is 277 g/mol. The smallest absolute Gasteiger partial charge is 0.411 e. The van der Waals surface area contributed by atoms with Gasteiger partial charge in [0, 0.05) is 38.4 Å². The molecule has 0 atom stereocenters. The summed E-state index contributed by atoms with van der Waals surface area (Å²) in [7, 11) is 2.16. The largest absolute Gasteiger partial charge is 0.450 e. The fourth-order valence-corrected chi connectivity index (χ4v) is 2.24. The van der Waals surface area contributed by atoms with E-state index in [0.29, 0.717) is 6.61 Å². The van der Waals surface area contributed by atoms with Crippen molar-refractivity contribution < 1.29 is 9.53 Å². The number of amides is 1. The molecule has 1 aromatic rings. The number of ether oxygens (including phenoxy) is 1. The number of piperazine rings is 1. The maximum atomic E-state index is 11.3. The summed E-state index contributed by atoms with van der Waals surface area (Å²) in [5.74, 6) is 0. The van der Waals surface area contributed by atoms with Crippen molar-refractivity contribution in [3.63, 3.8) is 0 Å². The molecule has 0 spiro atoms. The minimum absolute atomic E-state index is 0.382. The molecule has 1 aliphatic rings. The van der Waals surface area contributed by atoms with Gasteiger partial charge in [-0.3, -0.25) is 10.2 Å². The Kier molecular flexibility index (Phi) is 5.38. The highest BCUT2D eigenvalue weighted by molar-refractivity contribution is 5.84. The quantitative estimate of drug-likeness (QED) is 0.914. The minimum atomic E-state index is -0.403. The molecule has 0 aromatic heterocycles. The summed E-state index contributed by atoms with van der Waals surface area (Å²) in [6.45, 7) is 7.61. The van der Waals surface area contributed by atoms with Gasteiger partial charge < -0.3 is 9.64 Å². The predicted octanol–water partition coefficient (Wildman–Crippen LogP) is 2.00. The number of rotatable bonds is 4. The molecular formula is C15H23N3O2. The molecule has 20 heavy (non-hydrogen) atoms. The molecule has 0 radical (unpaired) electrons. The van der Waals surface area contributed by atoms with E-state index in [4.69, 9.17) is 4.74 Å². The topological polar surface area (TPSA) is 44.8 Å². The third-order valence-corrected chi connectivity index (χ3v) is 3.48. The summed E-state index contributed by atoms with van der Waals surface area (Å²) >= 11 is 0. The standard InChI is InChI=1S/C15H23N3O2/c1-3-20-15(19)16-14-6-4-13(5-7-14)12-18-10-8-17(2)9-11-18/h4-7H,3,8-12H2,1-2H3,(H,16,19). The summed E-state index contributed by atoms with van der Waals surface area (Å²) in [5.41, 5.74) is 2.04. The molecule has 1 amide bonds. The van der Waals surface area contributed by atoms with Gasteiger partial charge in [-0.05, 0) is 31.7 Å². The molecule has 1 aromatic carbocycles. The van der Waals surface area contributed by atoms with Crippen LogP contribution in [0.5, 0.6) is 0 Å². The number of carbonyl (C=O) groups is 1. The van der Waals surface area contributed by atoms with Gasteiger partial charge in [-0.25, -0.2) is 4.79 Å². The van der Waals surface area contributed by atoms with Crippen LogP contribution in [0.2, 0.25) is 0 Å². The van der Waals surface area contributed by atoms with E-state index in [9.17, 15) is 4.79 Å². The Morgan fingerprint density at radius 1 is 1.20 bits per heavy atom. The lowest BCUT2D eigenvalue weighted by atomic mass is 10.2. The maximum Gasteiger partial charge on any atom is 0.411 e. The monoisotopic (exact) mass is 277 g/mol. The number of hydrogen-bond donors (Lipinski definition) is 1. The second kappa shape index (κ2) is 7.26. The Morgan fingerprint density at radius 2 is 1.85 bits per heavy atom. The molecule has 5 nitrogen and oxygen atoms in total. The second-order valence-electron chi connectivity index (χ2n) is 5.12. The van der Waals surface area contributed by atoms with Crippen molar-refractivity contribution in [2.75, 3.05) is 45.2 Å². The zero-order chi connectivity index (χ0) is 14.4. The maximum absolute atomic E-state index is 11.3. The number of likely N-dealkylation sites (N-methyl/N-ethyl adjacent to an activating group) is 1. The minimum Gasteiger partial charge on any atom is -0.450 e. The first-order valence-corrected chi connectivity index (χ1v) is 7.11. The molecule has 5 heteroatoms. The van der Waals surface area contributed by atoms with E-state index in [1.807, 2.05) is 12.1 Å². The number of benzene rings is 1. The van der Waals surface area contributed by atoms with Crippen LogP contribution < -0.4 is 5.32 Å². The van der Waals surface area contributed by atoms with Gasteiger partial charge >= 0.3 is 6.09 Å². The van der Waals surface area contributed by atoms with E-state index < -0.39 is 6.09 Å². The van der Waals surface area contributed by atoms with E-state index in [1.54, 1.807) is 6.92 Å². The molecule has 1 N–H and O–H groups in total. The summed E-state index contributed by atoms with van der Waals surface area (Å²) in [4.78, 5) is 16.1. The molecule has 1 aliphatic heterocycles. The van der Waals surface area contributed by atoms with Crippen LogP contribution in [0.3, 0.4) is 0 Å². The summed E-state index contributed by atoms with van der Waals surface area (Å²) in [6, 6.07) is 7.95. The predicted molar refractivity (Wildman–Crippen MR) is 79.9 cm³/mol. The lowest BCUT2D eigenvalue weighted by Gasteiger charge is -2.32. The molecule has 0 bridgehead atoms. The molecule has 2 rings (SSSR count). The molecule has 1 saturated heterocycles. The first-order valence-electron chi connectivity index (χ1n) is 7.11. The highest BCUT2D eigenvalue weighted by Crippen LogP contribution is 2.13. The van der Waals surface area contributed by atoms with Crippen LogP contribution in [0.4, 0.5) is 10.5 Å². The van der Waals surface area contributed by atoms with Crippen LogP contribution in [-0.4, -0.2) is 55.7 Å². The van der Waals surface area contributed by atoms with Crippen molar-refractivity contribution in [1.29, 1.82) is 0 Å². The summed E-state index contributed by atoms with van der Waals surface area (Å²) < 4.78 is 4.84. The number of nitrogens with one attached hydrogen (secondary N) is 1. The normalized spacial score (nSPS) is 16.9. The van der Waals surface area contributed by atoms with Crippen molar-refractivity contribution in [1.82, 2.24) is 9.80 Å². The van der Waals surface area contributed by atoms with Crippen LogP contribution in [0, 0.1) is 0 Å². The number of carbonyl (C=O) groups excluding carboxylic acids is 1.